The van der Waals surface area contributed by atoms with Crippen LogP contribution in [0.2, 0.25) is 0 Å². The molecular formula is C27H25FN4O3. The van der Waals surface area contributed by atoms with Crippen LogP contribution in [0.1, 0.15) is 46.9 Å². The van der Waals surface area contributed by atoms with Gasteiger partial charge in [-0.1, -0.05) is 18.2 Å². The number of carbonyl (C=O) groups is 3. The predicted octanol–water partition coefficient (Wildman–Crippen LogP) is 4.43. The number of halogens is 1. The SMILES string of the molecule is [C-]#[N+][C@@H]1CC(C)(F)CN1C(=O)CCC(=O)c1ccnc2ccc(-c3ccc(C(=O)NC)cc3)cc12. The molecule has 1 aliphatic heterocycles. The molecule has 7 nitrogen and oxygen atoms in total. The Bertz CT molecular complexity index is 1340. The van der Waals surface area contributed by atoms with Gasteiger partial charge in [-0.2, -0.15) is 0 Å². The lowest BCUT2D eigenvalue weighted by Crippen LogP contribution is -2.35. The number of hydrogen-bond donors (Lipinski definition) is 1. The number of aromatic nitrogens is 1. The van der Waals surface area contributed by atoms with E-state index < -0.39 is 17.7 Å². The summed E-state index contributed by atoms with van der Waals surface area (Å²) in [4.78, 5) is 46.5. The van der Waals surface area contributed by atoms with E-state index in [0.717, 1.165) is 11.1 Å². The summed E-state index contributed by atoms with van der Waals surface area (Å²) in [5.74, 6) is -0.787. The molecule has 2 heterocycles. The first-order chi connectivity index (χ1) is 16.7. The highest BCUT2D eigenvalue weighted by Crippen LogP contribution is 2.32. The van der Waals surface area contributed by atoms with Crippen LogP contribution in [0.5, 0.6) is 0 Å². The average molecular weight is 473 g/mol. The molecule has 0 radical (unpaired) electrons. The maximum atomic E-state index is 14.3. The summed E-state index contributed by atoms with van der Waals surface area (Å²) in [5.41, 5.74) is 1.79. The van der Waals surface area contributed by atoms with Crippen molar-refractivity contribution in [3.8, 4) is 11.1 Å². The molecule has 2 atom stereocenters. The molecule has 35 heavy (non-hydrogen) atoms. The molecule has 1 aromatic heterocycles. The quantitative estimate of drug-likeness (QED) is 0.425. The number of hydrogen-bond acceptors (Lipinski definition) is 4. The summed E-state index contributed by atoms with van der Waals surface area (Å²) in [6.45, 7) is 8.50. The molecular weight excluding hydrogens is 447 g/mol. The second kappa shape index (κ2) is 9.63. The van der Waals surface area contributed by atoms with Crippen LogP contribution in [-0.4, -0.2) is 52.9 Å². The molecule has 1 fully saturated rings. The number of pyridine rings is 1. The van der Waals surface area contributed by atoms with Crippen molar-refractivity contribution in [2.75, 3.05) is 13.6 Å². The number of Topliss-reactive ketones (excluding diaryl/α,β-unsaturated/α-hetero) is 1. The largest absolute Gasteiger partial charge is 0.355 e. The third-order valence-corrected chi connectivity index (χ3v) is 6.25. The number of likely N-dealkylation sites (tertiary alicyclic amines) is 1. The third kappa shape index (κ3) is 5.04. The van der Waals surface area contributed by atoms with Gasteiger partial charge in [0.1, 0.15) is 5.67 Å². The Morgan fingerprint density at radius 3 is 2.54 bits per heavy atom. The highest BCUT2D eigenvalue weighted by atomic mass is 19.1. The summed E-state index contributed by atoms with van der Waals surface area (Å²) >= 11 is 0. The standard InChI is InChI=1S/C27H25FN4O3/c1-27(28)15-24(29-2)32(16-27)25(34)11-10-23(33)20-12-13-31-22-9-8-19(14-21(20)22)17-4-6-18(7-5-17)26(35)30-3/h4-9,12-14,24H,10-11,15-16H2,1,3H3,(H,30,35)/t24-,27?/m0/s1. The van der Waals surface area contributed by atoms with Crippen LogP contribution < -0.4 is 5.32 Å². The van der Waals surface area contributed by atoms with Crippen molar-refractivity contribution in [1.82, 2.24) is 15.2 Å². The van der Waals surface area contributed by atoms with Crippen LogP contribution in [-0.2, 0) is 4.79 Å². The monoisotopic (exact) mass is 472 g/mol. The molecule has 4 rings (SSSR count). The molecule has 0 saturated carbocycles. The third-order valence-electron chi connectivity index (χ3n) is 6.25. The fourth-order valence-electron chi connectivity index (χ4n) is 4.41. The highest BCUT2D eigenvalue weighted by Gasteiger charge is 2.47. The molecule has 0 aliphatic carbocycles. The van der Waals surface area contributed by atoms with E-state index in [1.807, 2.05) is 30.3 Å². The molecule has 0 spiro atoms. The normalized spacial score (nSPS) is 19.4. The molecule has 1 N–H and O–H groups in total. The van der Waals surface area contributed by atoms with Crippen molar-refractivity contribution in [2.45, 2.75) is 38.0 Å². The summed E-state index contributed by atoms with van der Waals surface area (Å²) < 4.78 is 14.3. The number of nitrogens with one attached hydrogen (secondary N) is 1. The maximum absolute atomic E-state index is 14.3. The smallest absolute Gasteiger partial charge is 0.303 e. The Labute approximate surface area is 202 Å². The molecule has 1 unspecified atom stereocenters. The van der Waals surface area contributed by atoms with Gasteiger partial charge in [-0.3, -0.25) is 29.1 Å². The molecule has 0 bridgehead atoms. The van der Waals surface area contributed by atoms with E-state index in [0.29, 0.717) is 22.0 Å². The zero-order chi connectivity index (χ0) is 25.2. The molecule has 8 heteroatoms. The van der Waals surface area contributed by atoms with Crippen molar-refractivity contribution in [1.29, 1.82) is 0 Å². The minimum atomic E-state index is -1.59. The van der Waals surface area contributed by atoms with Crippen molar-refractivity contribution in [2.24, 2.45) is 0 Å². The Balaban J connectivity index is 1.54. The topological polar surface area (TPSA) is 83.7 Å². The second-order valence-electron chi connectivity index (χ2n) is 8.92. The van der Waals surface area contributed by atoms with Crippen LogP contribution in [0.15, 0.2) is 54.7 Å². The number of alkyl halides is 1. The average Bonchev–Trinajstić information content (AvgIpc) is 3.20. The Hall–Kier alpha value is -4.12. The molecule has 178 valence electrons. The van der Waals surface area contributed by atoms with Crippen LogP contribution in [0.4, 0.5) is 4.39 Å². The van der Waals surface area contributed by atoms with Gasteiger partial charge in [0.2, 0.25) is 5.91 Å². The van der Waals surface area contributed by atoms with E-state index >= 15 is 0 Å². The molecule has 2 aromatic carbocycles. The van der Waals surface area contributed by atoms with Crippen molar-refractivity contribution in [3.63, 3.8) is 0 Å². The van der Waals surface area contributed by atoms with E-state index in [9.17, 15) is 18.8 Å². The zero-order valence-electron chi connectivity index (χ0n) is 19.5. The predicted molar refractivity (Wildman–Crippen MR) is 130 cm³/mol. The van der Waals surface area contributed by atoms with Gasteiger partial charge in [-0.25, -0.2) is 11.0 Å². The lowest BCUT2D eigenvalue weighted by atomic mass is 9.97. The summed E-state index contributed by atoms with van der Waals surface area (Å²) in [6, 6.07) is 14.4. The van der Waals surface area contributed by atoms with Crippen LogP contribution in [0.25, 0.3) is 26.9 Å². The van der Waals surface area contributed by atoms with Gasteiger partial charge in [0.25, 0.3) is 5.91 Å². The Kier molecular flexibility index (Phi) is 6.61. The van der Waals surface area contributed by atoms with Gasteiger partial charge in [0, 0.05) is 42.6 Å². The van der Waals surface area contributed by atoms with E-state index in [1.54, 1.807) is 31.4 Å². The number of fused-ring (bicyclic) bond motifs is 1. The molecule has 1 saturated heterocycles. The van der Waals surface area contributed by atoms with Gasteiger partial charge in [-0.15, -0.1) is 0 Å². The number of carbonyl (C=O) groups excluding carboxylic acids is 3. The minimum absolute atomic E-state index is 0.0158. The number of benzene rings is 2. The Morgan fingerprint density at radius 1 is 1.14 bits per heavy atom. The van der Waals surface area contributed by atoms with Crippen molar-refractivity contribution < 1.29 is 18.8 Å². The lowest BCUT2D eigenvalue weighted by molar-refractivity contribution is -0.131. The maximum Gasteiger partial charge on any atom is 0.303 e. The van der Waals surface area contributed by atoms with Crippen LogP contribution >= 0.6 is 0 Å². The fraction of sp³-hybridized carbons (Fsp3) is 0.296. The second-order valence-corrected chi connectivity index (χ2v) is 8.92. The van der Waals surface area contributed by atoms with Crippen molar-refractivity contribution in [3.05, 3.63) is 77.3 Å². The summed E-state index contributed by atoms with van der Waals surface area (Å²) in [6.07, 6.45) is 0.572. The fourth-order valence-corrected chi connectivity index (χ4v) is 4.41. The van der Waals surface area contributed by atoms with Gasteiger partial charge < -0.3 is 5.32 Å². The van der Waals surface area contributed by atoms with Crippen LogP contribution in [0.3, 0.4) is 0 Å². The summed E-state index contributed by atoms with van der Waals surface area (Å²) in [7, 11) is 1.57. The lowest BCUT2D eigenvalue weighted by Gasteiger charge is -2.17. The first kappa shape index (κ1) is 24.0. The molecule has 1 aliphatic rings. The van der Waals surface area contributed by atoms with Gasteiger partial charge in [-0.05, 0) is 48.4 Å². The molecule has 2 amide bonds. The summed E-state index contributed by atoms with van der Waals surface area (Å²) in [5, 5.41) is 3.25. The minimum Gasteiger partial charge on any atom is -0.355 e. The van der Waals surface area contributed by atoms with E-state index in [2.05, 4.69) is 15.1 Å². The number of rotatable bonds is 6. The first-order valence-corrected chi connectivity index (χ1v) is 11.3. The highest BCUT2D eigenvalue weighted by molar-refractivity contribution is 6.08. The van der Waals surface area contributed by atoms with Gasteiger partial charge >= 0.3 is 6.17 Å². The van der Waals surface area contributed by atoms with E-state index in [4.69, 9.17) is 6.57 Å². The number of ketones is 1. The zero-order valence-corrected chi connectivity index (χ0v) is 19.5. The van der Waals surface area contributed by atoms with E-state index in [-0.39, 0.29) is 37.5 Å². The van der Waals surface area contributed by atoms with Gasteiger partial charge in [0.05, 0.1) is 18.5 Å². The van der Waals surface area contributed by atoms with Crippen molar-refractivity contribution >= 4 is 28.5 Å². The molecule has 3 aromatic rings. The van der Waals surface area contributed by atoms with Gasteiger partial charge in [0.15, 0.2) is 5.78 Å². The number of amides is 2. The van der Waals surface area contributed by atoms with E-state index in [1.165, 1.54) is 11.8 Å². The first-order valence-electron chi connectivity index (χ1n) is 11.3. The van der Waals surface area contributed by atoms with Crippen LogP contribution in [0, 0.1) is 6.57 Å². The Morgan fingerprint density at radius 2 is 1.86 bits per heavy atom. The number of nitrogens with zero attached hydrogens (tertiary/aromatic N) is 3.